The van der Waals surface area contributed by atoms with Crippen LogP contribution in [-0.2, 0) is 0 Å². The maximum absolute atomic E-state index is 9.90. The molecule has 0 aromatic rings. The van der Waals surface area contributed by atoms with Crippen molar-refractivity contribution in [1.29, 1.82) is 0 Å². The monoisotopic (exact) mass is 192 g/mol. The second-order valence-electron chi connectivity index (χ2n) is 5.30. The van der Waals surface area contributed by atoms with E-state index in [1.54, 1.807) is 0 Å². The predicted molar refractivity (Wildman–Crippen MR) is 59.0 cm³/mol. The van der Waals surface area contributed by atoms with Crippen LogP contribution in [0, 0.1) is 11.3 Å². The Bertz CT molecular complexity index is 290. The largest absolute Gasteiger partial charge is 0.393 e. The first kappa shape index (κ1) is 9.97. The summed E-state index contributed by atoms with van der Waals surface area (Å²) in [5, 5.41) is 9.90. The van der Waals surface area contributed by atoms with Crippen molar-refractivity contribution in [2.45, 2.75) is 45.6 Å². The van der Waals surface area contributed by atoms with Crippen molar-refractivity contribution in [3.8, 4) is 0 Å². The van der Waals surface area contributed by atoms with E-state index in [2.05, 4.69) is 26.5 Å². The van der Waals surface area contributed by atoms with Crippen molar-refractivity contribution in [1.82, 2.24) is 0 Å². The highest BCUT2D eigenvalue weighted by Gasteiger charge is 2.38. The summed E-state index contributed by atoms with van der Waals surface area (Å²) in [5.41, 5.74) is 2.94. The van der Waals surface area contributed by atoms with Gasteiger partial charge < -0.3 is 5.11 Å². The maximum atomic E-state index is 9.90. The summed E-state index contributed by atoms with van der Waals surface area (Å²) >= 11 is 0. The van der Waals surface area contributed by atoms with E-state index in [4.69, 9.17) is 0 Å². The Morgan fingerprint density at radius 2 is 2.21 bits per heavy atom. The van der Waals surface area contributed by atoms with Gasteiger partial charge in [0.25, 0.3) is 0 Å². The van der Waals surface area contributed by atoms with E-state index in [1.165, 1.54) is 17.6 Å². The highest BCUT2D eigenvalue weighted by molar-refractivity contribution is 5.22. The molecule has 2 aliphatic rings. The minimum Gasteiger partial charge on any atom is -0.393 e. The van der Waals surface area contributed by atoms with E-state index in [9.17, 15) is 5.11 Å². The fourth-order valence-electron chi connectivity index (χ4n) is 2.97. The average molecular weight is 192 g/mol. The van der Waals surface area contributed by atoms with Crippen LogP contribution in [0.3, 0.4) is 0 Å². The SMILES string of the molecule is C=C1C[C@@H](O)C[C@]2(C)C[C@H]1CC=C2C. The molecule has 3 atom stereocenters. The van der Waals surface area contributed by atoms with Gasteiger partial charge >= 0.3 is 0 Å². The molecule has 2 bridgehead atoms. The number of allylic oxidation sites excluding steroid dienone is 2. The van der Waals surface area contributed by atoms with E-state index < -0.39 is 0 Å². The van der Waals surface area contributed by atoms with Crippen molar-refractivity contribution in [3.63, 3.8) is 0 Å². The smallest absolute Gasteiger partial charge is 0.0585 e. The van der Waals surface area contributed by atoms with Crippen molar-refractivity contribution >= 4 is 0 Å². The molecule has 0 radical (unpaired) electrons. The molecule has 0 aromatic carbocycles. The summed E-state index contributed by atoms with van der Waals surface area (Å²) < 4.78 is 0. The van der Waals surface area contributed by atoms with Gasteiger partial charge in [-0.3, -0.25) is 0 Å². The molecule has 78 valence electrons. The Labute approximate surface area is 86.5 Å². The van der Waals surface area contributed by atoms with Gasteiger partial charge in [-0.2, -0.15) is 0 Å². The molecule has 0 amide bonds. The molecule has 1 fully saturated rings. The molecular formula is C13H20O. The van der Waals surface area contributed by atoms with Crippen LogP contribution < -0.4 is 0 Å². The molecule has 0 saturated heterocycles. The summed E-state index contributed by atoms with van der Waals surface area (Å²) in [6, 6.07) is 0. The molecule has 0 spiro atoms. The number of fused-ring (bicyclic) bond motifs is 2. The number of hydrogen-bond donors (Lipinski definition) is 1. The second-order valence-corrected chi connectivity index (χ2v) is 5.30. The van der Waals surface area contributed by atoms with Crippen molar-refractivity contribution in [3.05, 3.63) is 23.8 Å². The van der Waals surface area contributed by atoms with Crippen LogP contribution in [0.25, 0.3) is 0 Å². The van der Waals surface area contributed by atoms with E-state index in [-0.39, 0.29) is 11.5 Å². The predicted octanol–water partition coefficient (Wildman–Crippen LogP) is 3.06. The zero-order valence-electron chi connectivity index (χ0n) is 9.21. The van der Waals surface area contributed by atoms with Gasteiger partial charge in [-0.05, 0) is 43.9 Å². The van der Waals surface area contributed by atoms with Gasteiger partial charge in [-0.25, -0.2) is 0 Å². The third-order valence-corrected chi connectivity index (χ3v) is 4.12. The first-order chi connectivity index (χ1) is 6.51. The van der Waals surface area contributed by atoms with Gasteiger partial charge in [0.1, 0.15) is 0 Å². The van der Waals surface area contributed by atoms with Gasteiger partial charge in [-0.15, -0.1) is 0 Å². The molecule has 0 heterocycles. The highest BCUT2D eigenvalue weighted by atomic mass is 16.3. The minimum absolute atomic E-state index is 0.182. The number of rotatable bonds is 0. The minimum atomic E-state index is -0.182. The summed E-state index contributed by atoms with van der Waals surface area (Å²) in [5.74, 6) is 0.612. The maximum Gasteiger partial charge on any atom is 0.0585 e. The third kappa shape index (κ3) is 1.54. The van der Waals surface area contributed by atoms with Gasteiger partial charge in [0, 0.05) is 0 Å². The van der Waals surface area contributed by atoms with E-state index >= 15 is 0 Å². The number of aliphatic hydroxyl groups is 1. The first-order valence-electron chi connectivity index (χ1n) is 5.54. The van der Waals surface area contributed by atoms with Gasteiger partial charge in [0.15, 0.2) is 0 Å². The van der Waals surface area contributed by atoms with Gasteiger partial charge in [-0.1, -0.05) is 30.7 Å². The van der Waals surface area contributed by atoms with E-state index in [0.29, 0.717) is 5.92 Å². The second kappa shape index (κ2) is 3.23. The lowest BCUT2D eigenvalue weighted by atomic mass is 9.69. The fourth-order valence-corrected chi connectivity index (χ4v) is 2.97. The highest BCUT2D eigenvalue weighted by Crippen LogP contribution is 2.48. The molecular weight excluding hydrogens is 172 g/mol. The summed E-state index contributed by atoms with van der Waals surface area (Å²) in [6.07, 6.45) is 6.20. The van der Waals surface area contributed by atoms with Crippen LogP contribution in [-0.4, -0.2) is 11.2 Å². The van der Waals surface area contributed by atoms with Crippen molar-refractivity contribution in [2.24, 2.45) is 11.3 Å². The molecule has 1 N–H and O–H groups in total. The number of hydrogen-bond acceptors (Lipinski definition) is 1. The topological polar surface area (TPSA) is 20.2 Å². The van der Waals surface area contributed by atoms with Gasteiger partial charge in [0.2, 0.25) is 0 Å². The normalized spacial score (nSPS) is 43.1. The molecule has 1 saturated carbocycles. The molecule has 1 nitrogen and oxygen atoms in total. The molecule has 2 aliphatic carbocycles. The quantitative estimate of drug-likeness (QED) is 0.585. The summed E-state index contributed by atoms with van der Waals surface area (Å²) in [7, 11) is 0. The van der Waals surface area contributed by atoms with Crippen LogP contribution in [0.5, 0.6) is 0 Å². The first-order valence-corrected chi connectivity index (χ1v) is 5.54. The molecule has 0 aliphatic heterocycles. The van der Waals surface area contributed by atoms with Crippen LogP contribution in [0.2, 0.25) is 0 Å². The Morgan fingerprint density at radius 1 is 1.50 bits per heavy atom. The molecule has 2 rings (SSSR count). The zero-order valence-corrected chi connectivity index (χ0v) is 9.21. The lowest BCUT2D eigenvalue weighted by Gasteiger charge is -2.36. The summed E-state index contributed by atoms with van der Waals surface area (Å²) in [6.45, 7) is 8.60. The van der Waals surface area contributed by atoms with Gasteiger partial charge in [0.05, 0.1) is 6.10 Å². The molecule has 0 aromatic heterocycles. The molecule has 0 unspecified atom stereocenters. The lowest BCUT2D eigenvalue weighted by Crippen LogP contribution is -2.26. The van der Waals surface area contributed by atoms with E-state index in [1.807, 2.05) is 0 Å². The van der Waals surface area contributed by atoms with E-state index in [0.717, 1.165) is 19.3 Å². The Balaban J connectivity index is 2.34. The van der Waals surface area contributed by atoms with Crippen LogP contribution in [0.4, 0.5) is 0 Å². The Morgan fingerprint density at radius 3 is 2.93 bits per heavy atom. The lowest BCUT2D eigenvalue weighted by molar-refractivity contribution is 0.125. The Hall–Kier alpha value is -0.560. The van der Waals surface area contributed by atoms with Crippen LogP contribution in [0.1, 0.15) is 39.5 Å². The summed E-state index contributed by atoms with van der Waals surface area (Å²) in [4.78, 5) is 0. The average Bonchev–Trinajstić information content (AvgIpc) is 2.17. The van der Waals surface area contributed by atoms with Crippen LogP contribution >= 0.6 is 0 Å². The van der Waals surface area contributed by atoms with Crippen molar-refractivity contribution < 1.29 is 5.11 Å². The van der Waals surface area contributed by atoms with Crippen LogP contribution in [0.15, 0.2) is 23.8 Å². The molecule has 1 heteroatoms. The third-order valence-electron chi connectivity index (χ3n) is 4.12. The number of aliphatic hydroxyl groups excluding tert-OH is 1. The fraction of sp³-hybridized carbons (Fsp3) is 0.692. The molecule has 14 heavy (non-hydrogen) atoms. The Kier molecular flexibility index (Phi) is 2.30. The zero-order chi connectivity index (χ0) is 10.3. The van der Waals surface area contributed by atoms with Crippen molar-refractivity contribution in [2.75, 3.05) is 0 Å². The standard InChI is InChI=1S/C13H20O/c1-9-6-12(14)8-13(3)7-11(9)5-4-10(13)2/h4,11-12,14H,1,5-8H2,2-3H3/t11-,12-,13+/m1/s1.